The minimum absolute atomic E-state index is 0.0200. The van der Waals surface area contributed by atoms with E-state index >= 15 is 0 Å². The number of rotatable bonds is 6. The molecule has 9 nitrogen and oxygen atoms in total. The number of nitrogens with one attached hydrogen (secondary N) is 2. The van der Waals surface area contributed by atoms with E-state index in [2.05, 4.69) is 20.2 Å². The second kappa shape index (κ2) is 10.9. The molecule has 1 unspecified atom stereocenters. The zero-order chi connectivity index (χ0) is 25.8. The van der Waals surface area contributed by atoms with Gasteiger partial charge in [-0.05, 0) is 54.6 Å². The van der Waals surface area contributed by atoms with E-state index in [0.717, 1.165) is 22.6 Å². The van der Waals surface area contributed by atoms with Crippen LogP contribution < -0.4 is 15.4 Å². The van der Waals surface area contributed by atoms with Gasteiger partial charge in [0.05, 0.1) is 5.69 Å². The maximum Gasteiger partial charge on any atom is 0.253 e. The molecule has 1 saturated heterocycles. The minimum atomic E-state index is -0.942. The number of piperazine rings is 1. The van der Waals surface area contributed by atoms with Gasteiger partial charge in [0.1, 0.15) is 0 Å². The highest BCUT2D eigenvalue weighted by Crippen LogP contribution is 2.23. The molecule has 4 aromatic rings. The van der Waals surface area contributed by atoms with E-state index in [1.807, 2.05) is 59.5 Å². The predicted octanol–water partition coefficient (Wildman–Crippen LogP) is 3.91. The second-order valence-corrected chi connectivity index (χ2v) is 9.04. The first-order chi connectivity index (χ1) is 18.0. The summed E-state index contributed by atoms with van der Waals surface area (Å²) >= 11 is 5.98. The van der Waals surface area contributed by atoms with Crippen LogP contribution in [0, 0.1) is 5.21 Å². The number of halogens is 1. The van der Waals surface area contributed by atoms with Gasteiger partial charge in [-0.3, -0.25) is 4.79 Å². The molecule has 0 spiro atoms. The Morgan fingerprint density at radius 2 is 1.59 bits per heavy atom. The molecular weight excluding hydrogens is 492 g/mol. The molecule has 3 N–H and O–H groups in total. The monoisotopic (exact) mass is 516 g/mol. The Balaban J connectivity index is 1.18. The molecule has 0 radical (unpaired) electrons. The van der Waals surface area contributed by atoms with E-state index in [1.54, 1.807) is 30.5 Å². The lowest BCUT2D eigenvalue weighted by atomic mass is 10.1. The molecule has 1 aliphatic rings. The standard InChI is InChI=1S/C27H25ClN6O3/c28-21-5-1-19(2-6-21)25-13-14-29-27(31-25)30-22-7-3-20(4-8-22)26(35)33-17-15-32(16-18-33)23-9-11-24(12-10-23)34(36)37/h1-14,34,36H,15-18H2,(H,29,30,31). The zero-order valence-corrected chi connectivity index (χ0v) is 20.6. The normalized spacial score (nSPS) is 14.4. The summed E-state index contributed by atoms with van der Waals surface area (Å²) < 4.78 is 0. The number of carbonyl (C=O) groups is 1. The fourth-order valence-corrected chi connectivity index (χ4v) is 4.32. The van der Waals surface area contributed by atoms with Crippen molar-refractivity contribution in [3.05, 3.63) is 101 Å². The van der Waals surface area contributed by atoms with Crippen LogP contribution in [0.5, 0.6) is 0 Å². The van der Waals surface area contributed by atoms with Crippen molar-refractivity contribution in [3.8, 4) is 11.3 Å². The van der Waals surface area contributed by atoms with Gasteiger partial charge in [-0.25, -0.2) is 15.2 Å². The molecular formula is C27H25ClN6O3. The molecule has 1 fully saturated rings. The smallest absolute Gasteiger partial charge is 0.253 e. The summed E-state index contributed by atoms with van der Waals surface area (Å²) in [6, 6.07) is 23.4. The fraction of sp³-hybridized carbons (Fsp3) is 0.148. The Kier molecular flexibility index (Phi) is 7.29. The van der Waals surface area contributed by atoms with E-state index in [9.17, 15) is 10.0 Å². The SMILES string of the molecule is O=C(c1ccc(Nc2nccc(-c3ccc(Cl)cc3)n2)cc1)N1CCN(c2ccc([NH+]([O-])O)cc2)CC1. The largest absolute Gasteiger partial charge is 0.595 e. The summed E-state index contributed by atoms with van der Waals surface area (Å²) in [6.07, 6.45) is 1.69. The van der Waals surface area contributed by atoms with Gasteiger partial charge in [-0.2, -0.15) is 5.23 Å². The molecule has 0 saturated carbocycles. The lowest BCUT2D eigenvalue weighted by molar-refractivity contribution is -0.991. The summed E-state index contributed by atoms with van der Waals surface area (Å²) in [5.41, 5.74) is 4.32. The first kappa shape index (κ1) is 24.7. The number of hydrogen-bond acceptors (Lipinski definition) is 7. The number of quaternary nitrogens is 1. The van der Waals surface area contributed by atoms with Crippen LogP contribution in [0.15, 0.2) is 85.1 Å². The van der Waals surface area contributed by atoms with Crippen LogP contribution in [0.3, 0.4) is 0 Å². The summed E-state index contributed by atoms with van der Waals surface area (Å²) in [6.45, 7) is 2.54. The Bertz CT molecular complexity index is 1360. The highest BCUT2D eigenvalue weighted by Gasteiger charge is 2.22. The van der Waals surface area contributed by atoms with Crippen molar-refractivity contribution in [2.45, 2.75) is 0 Å². The van der Waals surface area contributed by atoms with Crippen LogP contribution in [-0.4, -0.2) is 52.2 Å². The fourth-order valence-electron chi connectivity index (χ4n) is 4.19. The molecule has 1 amide bonds. The van der Waals surface area contributed by atoms with Gasteiger partial charge in [0.25, 0.3) is 5.91 Å². The van der Waals surface area contributed by atoms with Crippen molar-refractivity contribution in [1.82, 2.24) is 14.9 Å². The first-order valence-corrected chi connectivity index (χ1v) is 12.2. The zero-order valence-electron chi connectivity index (χ0n) is 19.8. The third kappa shape index (κ3) is 5.87. The summed E-state index contributed by atoms with van der Waals surface area (Å²) in [4.78, 5) is 25.9. The Hall–Kier alpha value is -4.02. The maximum atomic E-state index is 13.0. The predicted molar refractivity (Wildman–Crippen MR) is 143 cm³/mol. The summed E-state index contributed by atoms with van der Waals surface area (Å²) in [5, 5.41) is 23.0. The van der Waals surface area contributed by atoms with E-state index in [-0.39, 0.29) is 11.6 Å². The van der Waals surface area contributed by atoms with Crippen LogP contribution >= 0.6 is 11.6 Å². The number of anilines is 3. The second-order valence-electron chi connectivity index (χ2n) is 8.61. The molecule has 1 aliphatic heterocycles. The van der Waals surface area contributed by atoms with Gasteiger partial charge < -0.3 is 20.3 Å². The quantitative estimate of drug-likeness (QED) is 0.333. The van der Waals surface area contributed by atoms with Gasteiger partial charge in [-0.1, -0.05) is 23.7 Å². The molecule has 188 valence electrons. The average Bonchev–Trinajstić information content (AvgIpc) is 2.94. The third-order valence-corrected chi connectivity index (χ3v) is 6.48. The number of amides is 1. The highest BCUT2D eigenvalue weighted by molar-refractivity contribution is 6.30. The van der Waals surface area contributed by atoms with E-state index in [0.29, 0.717) is 42.7 Å². The number of hydrogen-bond donors (Lipinski definition) is 3. The van der Waals surface area contributed by atoms with Gasteiger partial charge in [0, 0.05) is 72.0 Å². The molecule has 5 rings (SSSR count). The lowest BCUT2D eigenvalue weighted by Crippen LogP contribution is -2.99. The van der Waals surface area contributed by atoms with Crippen molar-refractivity contribution < 1.29 is 15.2 Å². The Labute approximate surface area is 219 Å². The van der Waals surface area contributed by atoms with Gasteiger partial charge in [0.2, 0.25) is 5.95 Å². The minimum Gasteiger partial charge on any atom is -0.595 e. The Morgan fingerprint density at radius 3 is 2.24 bits per heavy atom. The van der Waals surface area contributed by atoms with Crippen LogP contribution in [0.25, 0.3) is 11.3 Å². The molecule has 1 aromatic heterocycles. The van der Waals surface area contributed by atoms with Crippen molar-refractivity contribution >= 4 is 40.5 Å². The third-order valence-electron chi connectivity index (χ3n) is 6.23. The van der Waals surface area contributed by atoms with Gasteiger partial charge in [-0.15, -0.1) is 0 Å². The molecule has 0 bridgehead atoms. The van der Waals surface area contributed by atoms with Gasteiger partial charge in [0.15, 0.2) is 5.69 Å². The summed E-state index contributed by atoms with van der Waals surface area (Å²) in [7, 11) is 0. The van der Waals surface area contributed by atoms with Crippen molar-refractivity contribution in [2.24, 2.45) is 0 Å². The molecule has 1 atom stereocenters. The molecule has 0 aliphatic carbocycles. The lowest BCUT2D eigenvalue weighted by Gasteiger charge is -2.36. The van der Waals surface area contributed by atoms with Crippen LogP contribution in [0.4, 0.5) is 23.0 Å². The number of benzene rings is 3. The number of carbonyl (C=O) groups excluding carboxylic acids is 1. The molecule has 37 heavy (non-hydrogen) atoms. The number of aromatic nitrogens is 2. The van der Waals surface area contributed by atoms with E-state index in [4.69, 9.17) is 16.8 Å². The van der Waals surface area contributed by atoms with E-state index in [1.165, 1.54) is 0 Å². The van der Waals surface area contributed by atoms with Crippen LogP contribution in [-0.2, 0) is 0 Å². The van der Waals surface area contributed by atoms with Crippen molar-refractivity contribution in [1.29, 1.82) is 0 Å². The average molecular weight is 517 g/mol. The molecule has 10 heteroatoms. The van der Waals surface area contributed by atoms with Crippen LogP contribution in [0.2, 0.25) is 5.02 Å². The van der Waals surface area contributed by atoms with Crippen molar-refractivity contribution in [2.75, 3.05) is 36.4 Å². The topological polar surface area (TPSA) is 109 Å². The molecule has 2 heterocycles. The molecule has 3 aromatic carbocycles. The van der Waals surface area contributed by atoms with E-state index < -0.39 is 5.23 Å². The van der Waals surface area contributed by atoms with Crippen LogP contribution in [0.1, 0.15) is 10.4 Å². The highest BCUT2D eigenvalue weighted by atomic mass is 35.5. The summed E-state index contributed by atoms with van der Waals surface area (Å²) in [5.74, 6) is 0.437. The maximum absolute atomic E-state index is 13.0. The number of nitrogens with zero attached hydrogens (tertiary/aromatic N) is 4. The first-order valence-electron chi connectivity index (χ1n) is 11.8. The van der Waals surface area contributed by atoms with Crippen molar-refractivity contribution in [3.63, 3.8) is 0 Å². The Morgan fingerprint density at radius 1 is 0.919 bits per heavy atom. The van der Waals surface area contributed by atoms with Gasteiger partial charge >= 0.3 is 0 Å².